The summed E-state index contributed by atoms with van der Waals surface area (Å²) in [5, 5.41) is 8.24. The molecule has 4 nitrogen and oxygen atoms in total. The van der Waals surface area contributed by atoms with Crippen LogP contribution in [0.3, 0.4) is 0 Å². The highest BCUT2D eigenvalue weighted by atomic mass is 35.5. The second kappa shape index (κ2) is 4.37. The third-order valence-electron chi connectivity index (χ3n) is 2.68. The van der Waals surface area contributed by atoms with Gasteiger partial charge in [-0.25, -0.2) is 0 Å². The molecule has 0 amide bonds. The molecule has 0 bridgehead atoms. The van der Waals surface area contributed by atoms with Gasteiger partial charge in [0.05, 0.1) is 5.69 Å². The van der Waals surface area contributed by atoms with Gasteiger partial charge in [0.2, 0.25) is 0 Å². The van der Waals surface area contributed by atoms with Crippen LogP contribution in [0.4, 0.5) is 0 Å². The minimum absolute atomic E-state index is 0.0794. The van der Waals surface area contributed by atoms with Crippen LogP contribution in [0.15, 0.2) is 12.4 Å². The van der Waals surface area contributed by atoms with Crippen molar-refractivity contribution in [2.45, 2.75) is 32.6 Å². The van der Waals surface area contributed by atoms with E-state index in [0.717, 1.165) is 23.6 Å². The van der Waals surface area contributed by atoms with Gasteiger partial charge < -0.3 is 0 Å². The van der Waals surface area contributed by atoms with E-state index >= 15 is 0 Å². The van der Waals surface area contributed by atoms with Gasteiger partial charge >= 0.3 is 0 Å². The SMILES string of the molecule is Cc1nnc2c(CC(Cl)C(C)C)nccn12. The molecule has 0 aliphatic heterocycles. The molecular weight excluding hydrogens is 224 g/mol. The van der Waals surface area contributed by atoms with Gasteiger partial charge in [-0.1, -0.05) is 13.8 Å². The molecule has 2 heterocycles. The Hall–Kier alpha value is -1.16. The number of halogens is 1. The monoisotopic (exact) mass is 238 g/mol. The van der Waals surface area contributed by atoms with E-state index in [-0.39, 0.29) is 5.38 Å². The second-order valence-electron chi connectivity index (χ2n) is 4.28. The summed E-state index contributed by atoms with van der Waals surface area (Å²) >= 11 is 6.26. The topological polar surface area (TPSA) is 43.1 Å². The van der Waals surface area contributed by atoms with Gasteiger partial charge in [0.15, 0.2) is 5.65 Å². The van der Waals surface area contributed by atoms with Crippen LogP contribution in [0.2, 0.25) is 0 Å². The van der Waals surface area contributed by atoms with E-state index in [1.165, 1.54) is 0 Å². The maximum atomic E-state index is 6.26. The standard InChI is InChI=1S/C11H15ClN4/c1-7(2)9(12)6-10-11-15-14-8(3)16(11)5-4-13-10/h4-5,7,9H,6H2,1-3H3. The quantitative estimate of drug-likeness (QED) is 0.771. The first-order valence-electron chi connectivity index (χ1n) is 5.39. The maximum Gasteiger partial charge on any atom is 0.182 e. The molecule has 0 radical (unpaired) electrons. The zero-order valence-electron chi connectivity index (χ0n) is 9.68. The highest BCUT2D eigenvalue weighted by Crippen LogP contribution is 2.17. The van der Waals surface area contributed by atoms with Crippen molar-refractivity contribution in [1.82, 2.24) is 19.6 Å². The lowest BCUT2D eigenvalue weighted by Crippen LogP contribution is -2.13. The van der Waals surface area contributed by atoms with Crippen LogP contribution < -0.4 is 0 Å². The van der Waals surface area contributed by atoms with E-state index in [1.807, 2.05) is 17.5 Å². The van der Waals surface area contributed by atoms with Crippen molar-refractivity contribution in [2.24, 2.45) is 5.92 Å². The molecule has 0 N–H and O–H groups in total. The third kappa shape index (κ3) is 2.02. The van der Waals surface area contributed by atoms with E-state index in [2.05, 4.69) is 29.0 Å². The zero-order chi connectivity index (χ0) is 11.7. The average Bonchev–Trinajstić information content (AvgIpc) is 2.62. The van der Waals surface area contributed by atoms with Crippen LogP contribution >= 0.6 is 11.6 Å². The molecule has 0 saturated heterocycles. The van der Waals surface area contributed by atoms with Gasteiger partial charge in [0, 0.05) is 24.2 Å². The van der Waals surface area contributed by atoms with E-state index < -0.39 is 0 Å². The van der Waals surface area contributed by atoms with Gasteiger partial charge in [-0.15, -0.1) is 21.8 Å². The first-order chi connectivity index (χ1) is 7.59. The molecule has 2 rings (SSSR count). The fourth-order valence-electron chi connectivity index (χ4n) is 1.56. The average molecular weight is 239 g/mol. The van der Waals surface area contributed by atoms with Crippen LogP contribution in [0, 0.1) is 12.8 Å². The summed E-state index contributed by atoms with van der Waals surface area (Å²) < 4.78 is 1.94. The molecule has 16 heavy (non-hydrogen) atoms. The van der Waals surface area contributed by atoms with Crippen LogP contribution in [-0.4, -0.2) is 25.0 Å². The van der Waals surface area contributed by atoms with Crippen molar-refractivity contribution in [3.63, 3.8) is 0 Å². The first-order valence-corrected chi connectivity index (χ1v) is 5.82. The lowest BCUT2D eigenvalue weighted by Gasteiger charge is -2.12. The van der Waals surface area contributed by atoms with Gasteiger partial charge in [0.1, 0.15) is 5.82 Å². The predicted molar refractivity (Wildman–Crippen MR) is 63.7 cm³/mol. The Morgan fingerprint density at radius 1 is 1.38 bits per heavy atom. The van der Waals surface area contributed by atoms with Crippen LogP contribution in [0.25, 0.3) is 5.65 Å². The van der Waals surface area contributed by atoms with Crippen LogP contribution in [0.5, 0.6) is 0 Å². The Balaban J connectivity index is 2.37. The molecule has 5 heteroatoms. The lowest BCUT2D eigenvalue weighted by molar-refractivity contribution is 0.591. The maximum absolute atomic E-state index is 6.26. The predicted octanol–water partition coefficient (Wildman–Crippen LogP) is 2.24. The summed E-state index contributed by atoms with van der Waals surface area (Å²) in [6, 6.07) is 0. The summed E-state index contributed by atoms with van der Waals surface area (Å²) in [5.41, 5.74) is 1.73. The number of rotatable bonds is 3. The van der Waals surface area contributed by atoms with Crippen molar-refractivity contribution < 1.29 is 0 Å². The second-order valence-corrected chi connectivity index (χ2v) is 4.84. The number of alkyl halides is 1. The summed E-state index contributed by atoms with van der Waals surface area (Å²) in [4.78, 5) is 4.33. The van der Waals surface area contributed by atoms with E-state index in [0.29, 0.717) is 5.92 Å². The third-order valence-corrected chi connectivity index (χ3v) is 3.34. The summed E-state index contributed by atoms with van der Waals surface area (Å²) in [6.45, 7) is 6.13. The molecule has 0 spiro atoms. The molecule has 2 aromatic heterocycles. The van der Waals surface area contributed by atoms with E-state index in [4.69, 9.17) is 11.6 Å². The number of nitrogens with zero attached hydrogens (tertiary/aromatic N) is 4. The molecule has 0 saturated carbocycles. The Bertz CT molecular complexity index is 492. The smallest absolute Gasteiger partial charge is 0.182 e. The number of hydrogen-bond acceptors (Lipinski definition) is 3. The van der Waals surface area contributed by atoms with Gasteiger partial charge in [0.25, 0.3) is 0 Å². The van der Waals surface area contributed by atoms with E-state index in [1.54, 1.807) is 6.20 Å². The number of hydrogen-bond donors (Lipinski definition) is 0. The Morgan fingerprint density at radius 3 is 2.81 bits per heavy atom. The Kier molecular flexibility index (Phi) is 3.10. The molecule has 0 aliphatic rings. The molecular formula is C11H15ClN4. The van der Waals surface area contributed by atoms with Gasteiger partial charge in [-0.2, -0.15) is 0 Å². The van der Waals surface area contributed by atoms with Crippen molar-refractivity contribution >= 4 is 17.2 Å². The van der Waals surface area contributed by atoms with Crippen molar-refractivity contribution in [1.29, 1.82) is 0 Å². The number of fused-ring (bicyclic) bond motifs is 1. The molecule has 1 unspecified atom stereocenters. The lowest BCUT2D eigenvalue weighted by atomic mass is 10.1. The van der Waals surface area contributed by atoms with Gasteiger partial charge in [-0.3, -0.25) is 9.38 Å². The van der Waals surface area contributed by atoms with Crippen LogP contribution in [-0.2, 0) is 6.42 Å². The largest absolute Gasteiger partial charge is 0.284 e. The Morgan fingerprint density at radius 2 is 2.12 bits per heavy atom. The van der Waals surface area contributed by atoms with Crippen molar-refractivity contribution in [2.75, 3.05) is 0 Å². The number of aromatic nitrogens is 4. The molecule has 0 aliphatic carbocycles. The highest BCUT2D eigenvalue weighted by molar-refractivity contribution is 6.20. The fraction of sp³-hybridized carbons (Fsp3) is 0.545. The summed E-state index contributed by atoms with van der Waals surface area (Å²) in [7, 11) is 0. The van der Waals surface area contributed by atoms with Crippen LogP contribution in [0.1, 0.15) is 25.4 Å². The fourth-order valence-corrected chi connectivity index (χ4v) is 1.70. The summed E-state index contributed by atoms with van der Waals surface area (Å²) in [5.74, 6) is 1.29. The van der Waals surface area contributed by atoms with E-state index in [9.17, 15) is 0 Å². The molecule has 1 atom stereocenters. The van der Waals surface area contributed by atoms with Crippen molar-refractivity contribution in [3.8, 4) is 0 Å². The molecule has 2 aromatic rings. The molecule has 86 valence electrons. The molecule has 0 aromatic carbocycles. The Labute approximate surface area is 99.7 Å². The molecule has 0 fully saturated rings. The minimum atomic E-state index is 0.0794. The first kappa shape index (κ1) is 11.3. The number of aryl methyl sites for hydroxylation is 1. The van der Waals surface area contributed by atoms with Gasteiger partial charge in [-0.05, 0) is 12.8 Å². The zero-order valence-corrected chi connectivity index (χ0v) is 10.4. The summed E-state index contributed by atoms with van der Waals surface area (Å²) in [6.07, 6.45) is 4.36. The van der Waals surface area contributed by atoms with Crippen molar-refractivity contribution in [3.05, 3.63) is 23.9 Å². The normalized spacial score (nSPS) is 13.6. The highest BCUT2D eigenvalue weighted by Gasteiger charge is 2.15. The minimum Gasteiger partial charge on any atom is -0.284 e.